The van der Waals surface area contributed by atoms with Crippen LogP contribution in [0, 0.1) is 55.4 Å². The number of rotatable bonds is 4. The van der Waals surface area contributed by atoms with Crippen LogP contribution in [0.1, 0.15) is 107 Å². The van der Waals surface area contributed by atoms with Gasteiger partial charge in [0.1, 0.15) is 0 Å². The van der Waals surface area contributed by atoms with E-state index in [-0.39, 0.29) is 16.2 Å². The lowest BCUT2D eigenvalue weighted by atomic mass is 9.72. The molecule has 1 spiro atoms. The molecule has 8 aromatic rings. The molecule has 2 aliphatic rings. The molecule has 10 rings (SSSR count). The highest BCUT2D eigenvalue weighted by atomic mass is 16.4. The number of nitrogens with zero attached hydrogens (tertiary/aromatic N) is 4. The zero-order valence-corrected chi connectivity index (χ0v) is 39.6. The first-order valence-corrected chi connectivity index (χ1v) is 22.6. The Bertz CT molecular complexity index is 3290. The van der Waals surface area contributed by atoms with Gasteiger partial charge in [-0.2, -0.15) is 0 Å². The van der Waals surface area contributed by atoms with Crippen LogP contribution >= 0.6 is 0 Å². The van der Waals surface area contributed by atoms with Gasteiger partial charge in [-0.1, -0.05) is 100 Å². The Labute approximate surface area is 379 Å². The molecule has 0 amide bonds. The highest BCUT2D eigenvalue weighted by molar-refractivity contribution is 5.79. The first-order chi connectivity index (χ1) is 30.9. The van der Waals surface area contributed by atoms with E-state index in [1.165, 1.54) is 22.3 Å². The van der Waals surface area contributed by atoms with Crippen LogP contribution in [-0.4, -0.2) is 0 Å². The molecule has 328 valence electrons. The van der Waals surface area contributed by atoms with E-state index in [0.717, 1.165) is 80.1 Å². The minimum atomic E-state index is -0.373. The second kappa shape index (κ2) is 15.2. The average molecular weight is 861 g/mol. The SMILES string of the molecule is Cc1cccc(C)c1N=c1oc2cc3c(cc2oc1=Nc1c(C)cccc1C)C1(CC3(C)C)CC(C)(C)c2cc3oc(=Nc4c(C)cccc4C)c(=Nc4c(C)cccc4C)oc3cc21. The van der Waals surface area contributed by atoms with Crippen molar-refractivity contribution in [3.63, 3.8) is 0 Å². The number of benzene rings is 6. The third kappa shape index (κ3) is 7.05. The van der Waals surface area contributed by atoms with Crippen molar-refractivity contribution in [3.8, 4) is 0 Å². The fourth-order valence-electron chi connectivity index (χ4n) is 10.8. The van der Waals surface area contributed by atoms with Crippen molar-refractivity contribution in [1.29, 1.82) is 0 Å². The Morgan fingerprint density at radius 3 is 0.785 bits per heavy atom. The van der Waals surface area contributed by atoms with Crippen molar-refractivity contribution in [2.24, 2.45) is 20.0 Å². The molecule has 0 radical (unpaired) electrons. The maximum Gasteiger partial charge on any atom is 0.284 e. The predicted molar refractivity (Wildman–Crippen MR) is 258 cm³/mol. The van der Waals surface area contributed by atoms with Crippen molar-refractivity contribution < 1.29 is 17.7 Å². The minimum Gasteiger partial charge on any atom is -0.431 e. The number of para-hydroxylation sites is 4. The summed E-state index contributed by atoms with van der Waals surface area (Å²) in [6.07, 6.45) is 1.76. The summed E-state index contributed by atoms with van der Waals surface area (Å²) in [4.78, 5) is 20.5. The highest BCUT2D eigenvalue weighted by Crippen LogP contribution is 2.63. The standard InChI is InChI=1S/C57H56N4O4/c1-31-17-13-18-32(2)47(31)58-51-53(60-49-35(5)21-15-22-36(49)6)64-45-27-41-39(25-43(45)62-51)55(9,10)29-57(41)30-56(11,12)40-26-44-46(28-42(40)57)65-54(61-50-37(7)23-16-24-38(50)8)52(63-44)59-48-33(3)19-14-20-34(48)4/h13-28H,29-30H2,1-12H3. The van der Waals surface area contributed by atoms with E-state index in [0.29, 0.717) is 44.5 Å². The van der Waals surface area contributed by atoms with Gasteiger partial charge in [-0.3, -0.25) is 0 Å². The largest absolute Gasteiger partial charge is 0.431 e. The van der Waals surface area contributed by atoms with E-state index < -0.39 is 0 Å². The van der Waals surface area contributed by atoms with Gasteiger partial charge < -0.3 is 17.7 Å². The highest BCUT2D eigenvalue weighted by Gasteiger charge is 2.57. The topological polar surface area (TPSA) is 102 Å². The number of fused-ring (bicyclic) bond motifs is 6. The third-order valence-electron chi connectivity index (χ3n) is 13.9. The summed E-state index contributed by atoms with van der Waals surface area (Å²) in [6.45, 7) is 25.9. The summed E-state index contributed by atoms with van der Waals surface area (Å²) >= 11 is 0. The molecule has 2 aliphatic carbocycles. The molecule has 0 aliphatic heterocycles. The van der Waals surface area contributed by atoms with Gasteiger partial charge in [0.05, 0.1) is 22.7 Å². The molecular formula is C57H56N4O4. The first kappa shape index (κ1) is 42.2. The second-order valence-electron chi connectivity index (χ2n) is 19.9. The fraction of sp³-hybridized carbons (Fsp3) is 0.298. The summed E-state index contributed by atoms with van der Waals surface area (Å²) in [5.41, 5.74) is 19.6. The van der Waals surface area contributed by atoms with Gasteiger partial charge in [0, 0.05) is 5.41 Å². The molecule has 65 heavy (non-hydrogen) atoms. The Kier molecular flexibility index (Phi) is 9.83. The van der Waals surface area contributed by atoms with Gasteiger partial charge in [-0.15, -0.1) is 0 Å². The lowest BCUT2D eigenvalue weighted by Crippen LogP contribution is -2.27. The van der Waals surface area contributed by atoms with Gasteiger partial charge in [0.2, 0.25) is 0 Å². The van der Waals surface area contributed by atoms with Gasteiger partial charge in [-0.05, 0) is 170 Å². The van der Waals surface area contributed by atoms with Gasteiger partial charge in [0.25, 0.3) is 22.2 Å². The Balaban J connectivity index is 1.23. The van der Waals surface area contributed by atoms with Crippen LogP contribution in [0.5, 0.6) is 0 Å². The van der Waals surface area contributed by atoms with Crippen LogP contribution in [0.4, 0.5) is 22.7 Å². The molecule has 8 heteroatoms. The zero-order chi connectivity index (χ0) is 45.7. The monoisotopic (exact) mass is 860 g/mol. The molecule has 0 saturated heterocycles. The van der Waals surface area contributed by atoms with Gasteiger partial charge >= 0.3 is 0 Å². The van der Waals surface area contributed by atoms with E-state index in [1.54, 1.807) is 0 Å². The number of aryl methyl sites for hydroxylation is 8. The molecule has 0 atom stereocenters. The van der Waals surface area contributed by atoms with Crippen LogP contribution in [0.15, 0.2) is 135 Å². The van der Waals surface area contributed by atoms with E-state index >= 15 is 0 Å². The van der Waals surface area contributed by atoms with E-state index in [2.05, 4.69) is 156 Å². The summed E-state index contributed by atoms with van der Waals surface area (Å²) in [7, 11) is 0. The van der Waals surface area contributed by atoms with Crippen LogP contribution in [0.25, 0.3) is 22.3 Å². The summed E-state index contributed by atoms with van der Waals surface area (Å²) in [6, 6.07) is 33.5. The Morgan fingerprint density at radius 1 is 0.338 bits per heavy atom. The Morgan fingerprint density at radius 2 is 0.554 bits per heavy atom. The lowest BCUT2D eigenvalue weighted by molar-refractivity contribution is 0.349. The number of hydrogen-bond donors (Lipinski definition) is 0. The Hall–Kier alpha value is -6.80. The molecule has 0 saturated carbocycles. The minimum absolute atomic E-state index is 0.213. The van der Waals surface area contributed by atoms with Crippen molar-refractivity contribution in [3.05, 3.63) is 186 Å². The maximum absolute atomic E-state index is 6.92. The van der Waals surface area contributed by atoms with Crippen LogP contribution < -0.4 is 22.2 Å². The van der Waals surface area contributed by atoms with Crippen LogP contribution in [0.3, 0.4) is 0 Å². The van der Waals surface area contributed by atoms with Crippen molar-refractivity contribution >= 4 is 45.1 Å². The fourth-order valence-corrected chi connectivity index (χ4v) is 10.8. The molecule has 0 unspecified atom stereocenters. The molecule has 2 heterocycles. The summed E-state index contributed by atoms with van der Waals surface area (Å²) < 4.78 is 27.5. The normalized spacial score (nSPS) is 18.4. The van der Waals surface area contributed by atoms with Crippen molar-refractivity contribution in [2.45, 2.75) is 112 Å². The molecule has 0 bridgehead atoms. The molecule has 8 nitrogen and oxygen atoms in total. The maximum atomic E-state index is 6.92. The summed E-state index contributed by atoms with van der Waals surface area (Å²) in [5.74, 6) is 0. The summed E-state index contributed by atoms with van der Waals surface area (Å²) in [5, 5.41) is 0. The quantitative estimate of drug-likeness (QED) is 0.176. The molecule has 0 fully saturated rings. The second-order valence-corrected chi connectivity index (χ2v) is 19.9. The van der Waals surface area contributed by atoms with Gasteiger partial charge in [-0.25, -0.2) is 20.0 Å². The molecule has 6 aromatic carbocycles. The molecular weight excluding hydrogens is 805 g/mol. The van der Waals surface area contributed by atoms with E-state index in [1.807, 2.05) is 24.3 Å². The third-order valence-corrected chi connectivity index (χ3v) is 13.9. The smallest absolute Gasteiger partial charge is 0.284 e. The van der Waals surface area contributed by atoms with E-state index in [4.69, 9.17) is 37.6 Å². The van der Waals surface area contributed by atoms with Crippen LogP contribution in [-0.2, 0) is 16.2 Å². The molecule has 2 aromatic heterocycles. The van der Waals surface area contributed by atoms with Crippen LogP contribution in [0.2, 0.25) is 0 Å². The van der Waals surface area contributed by atoms with E-state index in [9.17, 15) is 0 Å². The molecule has 0 N–H and O–H groups in total. The lowest BCUT2D eigenvalue weighted by Gasteiger charge is -2.30. The average Bonchev–Trinajstić information content (AvgIpc) is 3.60. The first-order valence-electron chi connectivity index (χ1n) is 22.6. The van der Waals surface area contributed by atoms with Crippen molar-refractivity contribution in [1.82, 2.24) is 0 Å². The predicted octanol–water partition coefficient (Wildman–Crippen LogP) is 13.4. The van der Waals surface area contributed by atoms with Crippen molar-refractivity contribution in [2.75, 3.05) is 0 Å². The van der Waals surface area contributed by atoms with Gasteiger partial charge in [0.15, 0.2) is 22.3 Å². The number of hydrogen-bond acceptors (Lipinski definition) is 8. The zero-order valence-electron chi connectivity index (χ0n) is 39.6.